The average molecular weight is 179 g/mol. The van der Waals surface area contributed by atoms with Gasteiger partial charge >= 0.3 is 0 Å². The molecule has 5 heteroatoms. The van der Waals surface area contributed by atoms with Crippen LogP contribution in [0.4, 0.5) is 0 Å². The van der Waals surface area contributed by atoms with Gasteiger partial charge in [0.1, 0.15) is 0 Å². The summed E-state index contributed by atoms with van der Waals surface area (Å²) in [4.78, 5) is 0. The molecule has 0 aromatic rings. The summed E-state index contributed by atoms with van der Waals surface area (Å²) in [6.45, 7) is 0.0340. The summed E-state index contributed by atoms with van der Waals surface area (Å²) in [5, 5.41) is 9.51. The number of aliphatic hydroxyl groups is 1. The Labute approximate surface area is 66.3 Å². The number of nitrogens with two attached hydrogens (primary N) is 1. The van der Waals surface area contributed by atoms with E-state index in [0.29, 0.717) is 12.8 Å². The van der Waals surface area contributed by atoms with E-state index in [2.05, 4.69) is 0 Å². The van der Waals surface area contributed by atoms with Gasteiger partial charge in [-0.3, -0.25) is 0 Å². The molecule has 1 atom stereocenters. The van der Waals surface area contributed by atoms with Crippen molar-refractivity contribution in [1.82, 2.24) is 0 Å². The monoisotopic (exact) mass is 179 g/mol. The highest BCUT2D eigenvalue weighted by atomic mass is 32.2. The first-order valence-corrected chi connectivity index (χ1v) is 5.42. The van der Waals surface area contributed by atoms with E-state index in [0.717, 1.165) is 0 Å². The zero-order valence-electron chi connectivity index (χ0n) is 6.28. The number of sulfone groups is 1. The van der Waals surface area contributed by atoms with Crippen LogP contribution in [0.3, 0.4) is 0 Å². The van der Waals surface area contributed by atoms with E-state index >= 15 is 0 Å². The Kier molecular flexibility index (Phi) is 2.22. The van der Waals surface area contributed by atoms with Gasteiger partial charge < -0.3 is 10.8 Å². The first-order chi connectivity index (χ1) is 4.97. The fraction of sp³-hybridized carbons (Fsp3) is 1.00. The lowest BCUT2D eigenvalue weighted by Crippen LogP contribution is -2.47. The number of hydrogen-bond donors (Lipinski definition) is 2. The van der Waals surface area contributed by atoms with Gasteiger partial charge in [0.2, 0.25) is 0 Å². The van der Waals surface area contributed by atoms with Gasteiger partial charge in [-0.05, 0) is 12.8 Å². The van der Waals surface area contributed by atoms with Gasteiger partial charge in [-0.15, -0.1) is 0 Å². The Morgan fingerprint density at radius 2 is 2.18 bits per heavy atom. The highest BCUT2D eigenvalue weighted by Gasteiger charge is 2.35. The van der Waals surface area contributed by atoms with Crippen molar-refractivity contribution in [3.63, 3.8) is 0 Å². The molecule has 11 heavy (non-hydrogen) atoms. The number of rotatable bonds is 1. The summed E-state index contributed by atoms with van der Waals surface area (Å²) < 4.78 is 22.0. The molecule has 1 unspecified atom stereocenters. The molecule has 1 saturated heterocycles. The van der Waals surface area contributed by atoms with Crippen molar-refractivity contribution >= 4 is 9.84 Å². The Morgan fingerprint density at radius 3 is 2.55 bits per heavy atom. The molecule has 4 nitrogen and oxygen atoms in total. The largest absolute Gasteiger partial charge is 0.388 e. The molecule has 1 aliphatic rings. The van der Waals surface area contributed by atoms with E-state index in [1.807, 2.05) is 0 Å². The Morgan fingerprint density at radius 1 is 1.55 bits per heavy atom. The smallest absolute Gasteiger partial charge is 0.153 e. The molecule has 1 fully saturated rings. The van der Waals surface area contributed by atoms with Crippen molar-refractivity contribution in [2.75, 3.05) is 18.1 Å². The zero-order chi connectivity index (χ0) is 8.54. The van der Waals surface area contributed by atoms with Gasteiger partial charge in [-0.1, -0.05) is 0 Å². The predicted molar refractivity (Wildman–Crippen MR) is 41.9 cm³/mol. The third kappa shape index (κ3) is 2.15. The molecule has 0 aliphatic carbocycles. The fourth-order valence-electron chi connectivity index (χ4n) is 1.34. The second kappa shape index (κ2) is 2.73. The van der Waals surface area contributed by atoms with E-state index in [9.17, 15) is 13.5 Å². The Hall–Kier alpha value is -0.130. The summed E-state index contributed by atoms with van der Waals surface area (Å²) in [5.41, 5.74) is 4.09. The molecule has 0 aromatic carbocycles. The van der Waals surface area contributed by atoms with Gasteiger partial charge in [0.05, 0.1) is 17.1 Å². The van der Waals surface area contributed by atoms with Crippen molar-refractivity contribution in [1.29, 1.82) is 0 Å². The standard InChI is InChI=1S/C6H13NO3S/c7-4-6(8)2-1-3-11(9,10)5-6/h8H,1-5,7H2. The zero-order valence-corrected chi connectivity index (χ0v) is 7.10. The second-order valence-corrected chi connectivity index (χ2v) is 5.31. The van der Waals surface area contributed by atoms with Gasteiger partial charge in [-0.25, -0.2) is 8.42 Å². The van der Waals surface area contributed by atoms with Gasteiger partial charge in [-0.2, -0.15) is 0 Å². The molecule has 0 saturated carbocycles. The van der Waals surface area contributed by atoms with E-state index in [-0.39, 0.29) is 18.1 Å². The van der Waals surface area contributed by atoms with Crippen molar-refractivity contribution < 1.29 is 13.5 Å². The molecular weight excluding hydrogens is 166 g/mol. The SMILES string of the molecule is NCC1(O)CCCS(=O)(=O)C1. The molecule has 1 heterocycles. The normalized spacial score (nSPS) is 36.9. The minimum Gasteiger partial charge on any atom is -0.388 e. The highest BCUT2D eigenvalue weighted by Crippen LogP contribution is 2.21. The summed E-state index contributed by atoms with van der Waals surface area (Å²) in [7, 11) is -3.03. The third-order valence-corrected chi connectivity index (χ3v) is 3.85. The van der Waals surface area contributed by atoms with Crippen LogP contribution in [-0.4, -0.2) is 37.2 Å². The molecule has 0 spiro atoms. The van der Waals surface area contributed by atoms with Crippen LogP contribution in [0.2, 0.25) is 0 Å². The average Bonchev–Trinajstić information content (AvgIpc) is 1.85. The number of hydrogen-bond acceptors (Lipinski definition) is 4. The molecule has 1 rings (SSSR count). The molecular formula is C6H13NO3S. The predicted octanol–water partition coefficient (Wildman–Crippen LogP) is -1.12. The Bertz CT molecular complexity index is 236. The lowest BCUT2D eigenvalue weighted by atomic mass is 10.0. The van der Waals surface area contributed by atoms with Crippen molar-refractivity contribution in [3.8, 4) is 0 Å². The van der Waals surface area contributed by atoms with Crippen LogP contribution in [0, 0.1) is 0 Å². The second-order valence-electron chi connectivity index (χ2n) is 3.12. The van der Waals surface area contributed by atoms with E-state index < -0.39 is 15.4 Å². The maximum absolute atomic E-state index is 11.0. The molecule has 0 bridgehead atoms. The molecule has 0 aromatic heterocycles. The van der Waals surface area contributed by atoms with Crippen LogP contribution < -0.4 is 5.73 Å². The quantitative estimate of drug-likeness (QED) is 0.534. The summed E-state index contributed by atoms with van der Waals surface area (Å²) >= 11 is 0. The molecule has 1 aliphatic heterocycles. The first-order valence-electron chi connectivity index (χ1n) is 3.60. The topological polar surface area (TPSA) is 80.4 Å². The van der Waals surface area contributed by atoms with Crippen molar-refractivity contribution in [2.24, 2.45) is 5.73 Å². The van der Waals surface area contributed by atoms with Crippen molar-refractivity contribution in [3.05, 3.63) is 0 Å². The van der Waals surface area contributed by atoms with E-state index in [1.54, 1.807) is 0 Å². The molecule has 0 amide bonds. The summed E-state index contributed by atoms with van der Waals surface area (Å²) in [6, 6.07) is 0. The minimum atomic E-state index is -3.03. The third-order valence-electron chi connectivity index (χ3n) is 1.97. The summed E-state index contributed by atoms with van der Waals surface area (Å²) in [6.07, 6.45) is 1.03. The highest BCUT2D eigenvalue weighted by molar-refractivity contribution is 7.91. The maximum atomic E-state index is 11.0. The minimum absolute atomic E-state index is 0.0340. The van der Waals surface area contributed by atoms with Crippen LogP contribution in [-0.2, 0) is 9.84 Å². The van der Waals surface area contributed by atoms with Crippen LogP contribution in [0.15, 0.2) is 0 Å². The van der Waals surface area contributed by atoms with Crippen molar-refractivity contribution in [2.45, 2.75) is 18.4 Å². The van der Waals surface area contributed by atoms with Gasteiger partial charge in [0.15, 0.2) is 9.84 Å². The van der Waals surface area contributed by atoms with Gasteiger partial charge in [0, 0.05) is 6.54 Å². The molecule has 0 radical (unpaired) electrons. The van der Waals surface area contributed by atoms with Crippen LogP contribution in [0.1, 0.15) is 12.8 Å². The van der Waals surface area contributed by atoms with E-state index in [4.69, 9.17) is 5.73 Å². The van der Waals surface area contributed by atoms with Gasteiger partial charge in [0.25, 0.3) is 0 Å². The fourth-order valence-corrected chi connectivity index (χ4v) is 3.15. The first kappa shape index (κ1) is 8.96. The molecule has 3 N–H and O–H groups in total. The lowest BCUT2D eigenvalue weighted by Gasteiger charge is -2.29. The lowest BCUT2D eigenvalue weighted by molar-refractivity contribution is 0.0589. The molecule has 66 valence electrons. The maximum Gasteiger partial charge on any atom is 0.153 e. The van der Waals surface area contributed by atoms with E-state index in [1.165, 1.54) is 0 Å². The Balaban J connectivity index is 2.75. The summed E-state index contributed by atoms with van der Waals surface area (Å²) in [5.74, 6) is 0.0197. The van der Waals surface area contributed by atoms with Crippen LogP contribution in [0.5, 0.6) is 0 Å². The van der Waals surface area contributed by atoms with Crippen LogP contribution in [0.25, 0.3) is 0 Å². The van der Waals surface area contributed by atoms with Crippen LogP contribution >= 0.6 is 0 Å².